The van der Waals surface area contributed by atoms with Gasteiger partial charge in [-0.15, -0.1) is 0 Å². The van der Waals surface area contributed by atoms with Crippen molar-refractivity contribution in [3.8, 4) is 0 Å². The summed E-state index contributed by atoms with van der Waals surface area (Å²) in [6.45, 7) is 2.82. The van der Waals surface area contributed by atoms with Gasteiger partial charge in [-0.1, -0.05) is 38.0 Å². The SMILES string of the molecule is CCCCCNC(=O)CC1C(=O)Nc2ccccc21. The summed E-state index contributed by atoms with van der Waals surface area (Å²) in [6, 6.07) is 7.55. The Labute approximate surface area is 113 Å². The monoisotopic (exact) mass is 260 g/mol. The van der Waals surface area contributed by atoms with Crippen molar-refractivity contribution in [3.05, 3.63) is 29.8 Å². The molecule has 2 rings (SSSR count). The molecule has 2 N–H and O–H groups in total. The maximum atomic E-state index is 11.9. The lowest BCUT2D eigenvalue weighted by Crippen LogP contribution is -2.27. The molecule has 0 aliphatic carbocycles. The van der Waals surface area contributed by atoms with Gasteiger partial charge in [-0.05, 0) is 18.1 Å². The normalized spacial score (nSPS) is 16.9. The smallest absolute Gasteiger partial charge is 0.232 e. The molecule has 0 fully saturated rings. The molecule has 0 saturated carbocycles. The van der Waals surface area contributed by atoms with E-state index >= 15 is 0 Å². The highest BCUT2D eigenvalue weighted by Crippen LogP contribution is 2.34. The van der Waals surface area contributed by atoms with Gasteiger partial charge in [0.15, 0.2) is 0 Å². The molecule has 1 atom stereocenters. The fraction of sp³-hybridized carbons (Fsp3) is 0.467. The topological polar surface area (TPSA) is 58.2 Å². The molecule has 0 spiro atoms. The van der Waals surface area contributed by atoms with Gasteiger partial charge in [-0.3, -0.25) is 9.59 Å². The molecule has 2 amide bonds. The van der Waals surface area contributed by atoms with E-state index < -0.39 is 0 Å². The van der Waals surface area contributed by atoms with E-state index in [0.717, 1.165) is 30.5 Å². The Morgan fingerprint density at radius 2 is 2.11 bits per heavy atom. The second-order valence-corrected chi connectivity index (χ2v) is 4.89. The van der Waals surface area contributed by atoms with Crippen LogP contribution in [0.1, 0.15) is 44.1 Å². The van der Waals surface area contributed by atoms with Crippen LogP contribution in [0.15, 0.2) is 24.3 Å². The Morgan fingerprint density at radius 1 is 1.32 bits per heavy atom. The van der Waals surface area contributed by atoms with Crippen LogP contribution in [-0.2, 0) is 9.59 Å². The standard InChI is InChI=1S/C15H20N2O2/c1-2-3-6-9-16-14(18)10-12-11-7-4-5-8-13(11)17-15(12)19/h4-5,7-8,12H,2-3,6,9-10H2,1H3,(H,16,18)(H,17,19). The van der Waals surface area contributed by atoms with Crippen LogP contribution in [0.4, 0.5) is 5.69 Å². The summed E-state index contributed by atoms with van der Waals surface area (Å²) in [6.07, 6.45) is 3.48. The Hall–Kier alpha value is -1.84. The van der Waals surface area contributed by atoms with E-state index in [4.69, 9.17) is 0 Å². The van der Waals surface area contributed by atoms with E-state index in [0.29, 0.717) is 6.54 Å². The molecule has 1 heterocycles. The van der Waals surface area contributed by atoms with Gasteiger partial charge in [0.2, 0.25) is 11.8 Å². The predicted molar refractivity (Wildman–Crippen MR) is 75.0 cm³/mol. The lowest BCUT2D eigenvalue weighted by atomic mass is 9.97. The minimum atomic E-state index is -0.345. The molecular weight excluding hydrogens is 240 g/mol. The lowest BCUT2D eigenvalue weighted by molar-refractivity contribution is -0.125. The van der Waals surface area contributed by atoms with Crippen molar-refractivity contribution in [2.24, 2.45) is 0 Å². The van der Waals surface area contributed by atoms with Crippen molar-refractivity contribution in [2.75, 3.05) is 11.9 Å². The second-order valence-electron chi connectivity index (χ2n) is 4.89. The molecule has 1 aromatic carbocycles. The van der Waals surface area contributed by atoms with Crippen molar-refractivity contribution in [1.29, 1.82) is 0 Å². The lowest BCUT2D eigenvalue weighted by Gasteiger charge is -2.09. The van der Waals surface area contributed by atoms with E-state index in [1.807, 2.05) is 24.3 Å². The third-order valence-corrected chi connectivity index (χ3v) is 3.40. The predicted octanol–water partition coefficient (Wildman–Crippen LogP) is 2.42. The number of para-hydroxylation sites is 1. The van der Waals surface area contributed by atoms with Gasteiger partial charge in [-0.25, -0.2) is 0 Å². The van der Waals surface area contributed by atoms with Crippen LogP contribution >= 0.6 is 0 Å². The largest absolute Gasteiger partial charge is 0.356 e. The van der Waals surface area contributed by atoms with Crippen LogP contribution in [-0.4, -0.2) is 18.4 Å². The van der Waals surface area contributed by atoms with Crippen molar-refractivity contribution in [1.82, 2.24) is 5.32 Å². The zero-order valence-corrected chi connectivity index (χ0v) is 11.2. The molecule has 19 heavy (non-hydrogen) atoms. The van der Waals surface area contributed by atoms with Crippen LogP contribution in [0.5, 0.6) is 0 Å². The number of hydrogen-bond donors (Lipinski definition) is 2. The number of hydrogen-bond acceptors (Lipinski definition) is 2. The van der Waals surface area contributed by atoms with Crippen molar-refractivity contribution in [3.63, 3.8) is 0 Å². The molecule has 4 heteroatoms. The minimum Gasteiger partial charge on any atom is -0.356 e. The van der Waals surface area contributed by atoms with Crippen LogP contribution in [0.25, 0.3) is 0 Å². The zero-order chi connectivity index (χ0) is 13.7. The van der Waals surface area contributed by atoms with E-state index in [2.05, 4.69) is 17.6 Å². The van der Waals surface area contributed by atoms with Gasteiger partial charge in [0.05, 0.1) is 5.92 Å². The minimum absolute atomic E-state index is 0.0482. The molecule has 0 saturated heterocycles. The van der Waals surface area contributed by atoms with Crippen LogP contribution in [0, 0.1) is 0 Å². The summed E-state index contributed by atoms with van der Waals surface area (Å²) >= 11 is 0. The fourth-order valence-electron chi connectivity index (χ4n) is 2.34. The maximum Gasteiger partial charge on any atom is 0.232 e. The molecule has 0 radical (unpaired) electrons. The first-order valence-corrected chi connectivity index (χ1v) is 6.89. The number of anilines is 1. The van der Waals surface area contributed by atoms with Gasteiger partial charge < -0.3 is 10.6 Å². The van der Waals surface area contributed by atoms with Crippen molar-refractivity contribution >= 4 is 17.5 Å². The van der Waals surface area contributed by atoms with Gasteiger partial charge in [0.25, 0.3) is 0 Å². The van der Waals surface area contributed by atoms with Crippen LogP contribution in [0.2, 0.25) is 0 Å². The molecule has 1 aromatic rings. The first-order valence-electron chi connectivity index (χ1n) is 6.89. The number of benzene rings is 1. The summed E-state index contributed by atoms with van der Waals surface area (Å²) < 4.78 is 0. The Bertz CT molecular complexity index is 471. The first kappa shape index (κ1) is 13.6. The number of unbranched alkanes of at least 4 members (excludes halogenated alkanes) is 2. The number of fused-ring (bicyclic) bond motifs is 1. The summed E-state index contributed by atoms with van der Waals surface area (Å²) in [5.41, 5.74) is 1.76. The number of carbonyl (C=O) groups excluding carboxylic acids is 2. The Morgan fingerprint density at radius 3 is 2.89 bits per heavy atom. The van der Waals surface area contributed by atoms with Gasteiger partial charge in [-0.2, -0.15) is 0 Å². The number of nitrogens with one attached hydrogen (secondary N) is 2. The molecule has 1 aliphatic rings. The van der Waals surface area contributed by atoms with Crippen molar-refractivity contribution in [2.45, 2.75) is 38.5 Å². The first-order chi connectivity index (χ1) is 9.22. The zero-order valence-electron chi connectivity index (χ0n) is 11.2. The summed E-state index contributed by atoms with van der Waals surface area (Å²) in [5.74, 6) is -0.472. The third kappa shape index (κ3) is 3.34. The van der Waals surface area contributed by atoms with E-state index in [1.54, 1.807) is 0 Å². The molecular formula is C15H20N2O2. The second kappa shape index (κ2) is 6.36. The highest BCUT2D eigenvalue weighted by Gasteiger charge is 2.31. The average Bonchev–Trinajstić information content (AvgIpc) is 2.72. The van der Waals surface area contributed by atoms with E-state index in [1.165, 1.54) is 0 Å². The molecule has 1 aliphatic heterocycles. The summed E-state index contributed by atoms with van der Waals surface area (Å²) in [5, 5.41) is 5.69. The Balaban J connectivity index is 1.89. The molecule has 4 nitrogen and oxygen atoms in total. The third-order valence-electron chi connectivity index (χ3n) is 3.40. The van der Waals surface area contributed by atoms with Crippen LogP contribution < -0.4 is 10.6 Å². The number of rotatable bonds is 6. The number of amides is 2. The van der Waals surface area contributed by atoms with Gasteiger partial charge in [0.1, 0.15) is 0 Å². The van der Waals surface area contributed by atoms with Crippen LogP contribution in [0.3, 0.4) is 0 Å². The average molecular weight is 260 g/mol. The maximum absolute atomic E-state index is 11.9. The molecule has 1 unspecified atom stereocenters. The molecule has 102 valence electrons. The van der Waals surface area contributed by atoms with Gasteiger partial charge >= 0.3 is 0 Å². The van der Waals surface area contributed by atoms with E-state index in [-0.39, 0.29) is 24.2 Å². The quantitative estimate of drug-likeness (QED) is 0.772. The highest BCUT2D eigenvalue weighted by atomic mass is 16.2. The van der Waals surface area contributed by atoms with Crippen molar-refractivity contribution < 1.29 is 9.59 Å². The van der Waals surface area contributed by atoms with Gasteiger partial charge in [0, 0.05) is 18.7 Å². The highest BCUT2D eigenvalue weighted by molar-refractivity contribution is 6.04. The Kier molecular flexibility index (Phi) is 4.55. The summed E-state index contributed by atoms with van der Waals surface area (Å²) in [4.78, 5) is 23.7. The fourth-order valence-corrected chi connectivity index (χ4v) is 2.34. The van der Waals surface area contributed by atoms with E-state index in [9.17, 15) is 9.59 Å². The summed E-state index contributed by atoms with van der Waals surface area (Å²) in [7, 11) is 0. The molecule has 0 bridgehead atoms. The number of carbonyl (C=O) groups is 2. The molecule has 0 aromatic heterocycles.